The highest BCUT2D eigenvalue weighted by Gasteiger charge is 2.30. The Bertz CT molecular complexity index is 941. The van der Waals surface area contributed by atoms with Crippen molar-refractivity contribution in [1.82, 2.24) is 0 Å². The van der Waals surface area contributed by atoms with Gasteiger partial charge < -0.3 is 18.9 Å². The minimum absolute atomic E-state index is 0.183. The quantitative estimate of drug-likeness (QED) is 0.512. The van der Waals surface area contributed by atoms with E-state index in [2.05, 4.69) is 0 Å². The van der Waals surface area contributed by atoms with E-state index in [4.69, 9.17) is 18.9 Å². The largest absolute Gasteiger partial charge is 0.494 e. The minimum atomic E-state index is -0.453. The predicted octanol–water partition coefficient (Wildman–Crippen LogP) is 4.34. The Kier molecular flexibility index (Phi) is 6.22. The highest BCUT2D eigenvalue weighted by Crippen LogP contribution is 2.37. The van der Waals surface area contributed by atoms with Crippen LogP contribution in [0.25, 0.3) is 6.08 Å². The van der Waals surface area contributed by atoms with Crippen molar-refractivity contribution in [2.24, 2.45) is 0 Å². The zero-order valence-corrected chi connectivity index (χ0v) is 17.0. The van der Waals surface area contributed by atoms with E-state index in [9.17, 15) is 9.59 Å². The van der Waals surface area contributed by atoms with Crippen LogP contribution in [-0.4, -0.2) is 31.1 Å². The fourth-order valence-electron chi connectivity index (χ4n) is 2.98. The molecule has 3 rings (SSSR count). The molecule has 6 nitrogen and oxygen atoms in total. The topological polar surface area (TPSA) is 71.1 Å². The number of fused-ring (bicyclic) bond motifs is 1. The minimum Gasteiger partial charge on any atom is -0.494 e. The van der Waals surface area contributed by atoms with Crippen LogP contribution in [0.1, 0.15) is 42.3 Å². The third kappa shape index (κ3) is 4.96. The first-order valence-electron chi connectivity index (χ1n) is 9.51. The summed E-state index contributed by atoms with van der Waals surface area (Å²) in [4.78, 5) is 24.4. The number of ether oxygens (including phenoxy) is 4. The Morgan fingerprint density at radius 1 is 1.10 bits per heavy atom. The zero-order chi connectivity index (χ0) is 21.0. The second-order valence-electron chi connectivity index (χ2n) is 6.88. The van der Waals surface area contributed by atoms with Gasteiger partial charge in [0.05, 0.1) is 18.3 Å². The van der Waals surface area contributed by atoms with Gasteiger partial charge in [-0.1, -0.05) is 12.1 Å². The molecule has 2 aromatic carbocycles. The van der Waals surface area contributed by atoms with Crippen molar-refractivity contribution >= 4 is 17.8 Å². The van der Waals surface area contributed by atoms with Gasteiger partial charge in [0.25, 0.3) is 0 Å². The molecule has 152 valence electrons. The summed E-state index contributed by atoms with van der Waals surface area (Å²) in [6.45, 7) is 7.66. The number of Topliss-reactive ketones (excluding diaryl/α,β-unsaturated/α-hetero) is 1. The standard InChI is InChI=1S/C23H24O6/c1-5-26-17-8-6-16(7-9-17)11-20-23(25)22-15(4)10-18(12-19(22)29-20)27-13-21(24)28-14(2)3/h6-12,14H,5,13H2,1-4H3/b20-11-. The summed E-state index contributed by atoms with van der Waals surface area (Å²) in [6, 6.07) is 10.7. The van der Waals surface area contributed by atoms with Crippen molar-refractivity contribution in [1.29, 1.82) is 0 Å². The van der Waals surface area contributed by atoms with E-state index in [0.717, 1.165) is 16.9 Å². The van der Waals surface area contributed by atoms with Gasteiger partial charge in [-0.15, -0.1) is 0 Å². The van der Waals surface area contributed by atoms with Crippen LogP contribution in [-0.2, 0) is 9.53 Å². The van der Waals surface area contributed by atoms with E-state index in [-0.39, 0.29) is 24.3 Å². The highest BCUT2D eigenvalue weighted by molar-refractivity contribution is 6.15. The lowest BCUT2D eigenvalue weighted by Crippen LogP contribution is -2.18. The molecule has 29 heavy (non-hydrogen) atoms. The van der Waals surface area contributed by atoms with E-state index in [0.29, 0.717) is 23.7 Å². The molecule has 0 aromatic heterocycles. The molecular formula is C23H24O6. The molecule has 1 heterocycles. The maximum atomic E-state index is 12.8. The van der Waals surface area contributed by atoms with E-state index < -0.39 is 5.97 Å². The van der Waals surface area contributed by atoms with Gasteiger partial charge in [-0.25, -0.2) is 4.79 Å². The second kappa shape index (κ2) is 8.82. The zero-order valence-electron chi connectivity index (χ0n) is 17.0. The first-order chi connectivity index (χ1) is 13.9. The molecule has 0 saturated heterocycles. The lowest BCUT2D eigenvalue weighted by Gasteiger charge is -2.10. The summed E-state index contributed by atoms with van der Waals surface area (Å²) in [5.74, 6) is 1.23. The third-order valence-electron chi connectivity index (χ3n) is 4.16. The van der Waals surface area contributed by atoms with Gasteiger partial charge in [-0.3, -0.25) is 4.79 Å². The van der Waals surface area contributed by atoms with Gasteiger partial charge in [0.1, 0.15) is 17.2 Å². The average molecular weight is 396 g/mol. The maximum Gasteiger partial charge on any atom is 0.344 e. The van der Waals surface area contributed by atoms with Gasteiger partial charge in [0.2, 0.25) is 5.78 Å². The number of carbonyl (C=O) groups is 2. The molecule has 0 bridgehead atoms. The van der Waals surface area contributed by atoms with Crippen molar-refractivity contribution in [3.8, 4) is 17.2 Å². The van der Waals surface area contributed by atoms with Crippen LogP contribution in [0.5, 0.6) is 17.2 Å². The van der Waals surface area contributed by atoms with E-state index >= 15 is 0 Å². The smallest absolute Gasteiger partial charge is 0.344 e. The summed E-state index contributed by atoms with van der Waals surface area (Å²) in [5, 5.41) is 0. The molecule has 0 aliphatic carbocycles. The van der Waals surface area contributed by atoms with Crippen LogP contribution in [0.15, 0.2) is 42.2 Å². The first-order valence-corrected chi connectivity index (χ1v) is 9.51. The molecular weight excluding hydrogens is 372 g/mol. The summed E-state index contributed by atoms with van der Waals surface area (Å²) in [5.41, 5.74) is 2.05. The average Bonchev–Trinajstić information content (AvgIpc) is 2.97. The molecule has 0 unspecified atom stereocenters. The van der Waals surface area contributed by atoms with E-state index in [1.165, 1.54) is 0 Å². The molecule has 0 saturated carbocycles. The van der Waals surface area contributed by atoms with Gasteiger partial charge >= 0.3 is 5.97 Å². The summed E-state index contributed by atoms with van der Waals surface area (Å²) < 4.78 is 21.8. The summed E-state index contributed by atoms with van der Waals surface area (Å²) in [6.07, 6.45) is 1.49. The molecule has 1 aliphatic heterocycles. The van der Waals surface area contributed by atoms with Crippen LogP contribution in [0, 0.1) is 6.92 Å². The molecule has 0 amide bonds. The van der Waals surface area contributed by atoms with Crippen molar-refractivity contribution in [2.75, 3.05) is 13.2 Å². The Labute approximate surface area is 170 Å². The van der Waals surface area contributed by atoms with Gasteiger partial charge in [-0.05, 0) is 63.1 Å². The number of rotatable bonds is 7. The number of allylic oxidation sites excluding steroid dienone is 1. The lowest BCUT2D eigenvalue weighted by atomic mass is 10.0. The Morgan fingerprint density at radius 2 is 1.83 bits per heavy atom. The normalized spacial score (nSPS) is 14.0. The fraction of sp³-hybridized carbons (Fsp3) is 0.304. The second-order valence-corrected chi connectivity index (χ2v) is 6.88. The molecule has 0 spiro atoms. The van der Waals surface area contributed by atoms with Crippen molar-refractivity contribution in [2.45, 2.75) is 33.8 Å². The monoisotopic (exact) mass is 396 g/mol. The number of benzene rings is 2. The molecule has 0 atom stereocenters. The third-order valence-corrected chi connectivity index (χ3v) is 4.16. The van der Waals surface area contributed by atoms with Gasteiger partial charge in [-0.2, -0.15) is 0 Å². The number of carbonyl (C=O) groups excluding carboxylic acids is 2. The molecule has 2 aromatic rings. The molecule has 0 radical (unpaired) electrons. The first kappa shape index (κ1) is 20.5. The van der Waals surface area contributed by atoms with Crippen molar-refractivity contribution < 1.29 is 28.5 Å². The fourth-order valence-corrected chi connectivity index (χ4v) is 2.98. The number of hydrogen-bond acceptors (Lipinski definition) is 6. The van der Waals surface area contributed by atoms with E-state index in [1.807, 2.05) is 31.2 Å². The SMILES string of the molecule is CCOc1ccc(/C=C2\Oc3cc(OCC(=O)OC(C)C)cc(C)c3C2=O)cc1. The Balaban J connectivity index is 1.75. The van der Waals surface area contributed by atoms with Crippen molar-refractivity contribution in [3.05, 3.63) is 58.8 Å². The number of hydrogen-bond donors (Lipinski definition) is 0. The van der Waals surface area contributed by atoms with Crippen LogP contribution in [0.4, 0.5) is 0 Å². The summed E-state index contributed by atoms with van der Waals surface area (Å²) in [7, 11) is 0. The van der Waals surface area contributed by atoms with Crippen LogP contribution in [0.2, 0.25) is 0 Å². The maximum absolute atomic E-state index is 12.8. The number of esters is 1. The van der Waals surface area contributed by atoms with Crippen LogP contribution < -0.4 is 14.2 Å². The van der Waals surface area contributed by atoms with Crippen LogP contribution in [0.3, 0.4) is 0 Å². The van der Waals surface area contributed by atoms with Gasteiger partial charge in [0.15, 0.2) is 12.4 Å². The van der Waals surface area contributed by atoms with Crippen molar-refractivity contribution in [3.63, 3.8) is 0 Å². The molecule has 6 heteroatoms. The summed E-state index contributed by atoms with van der Waals surface area (Å²) >= 11 is 0. The molecule has 1 aliphatic rings. The Morgan fingerprint density at radius 3 is 2.48 bits per heavy atom. The number of aryl methyl sites for hydroxylation is 1. The van der Waals surface area contributed by atoms with E-state index in [1.54, 1.807) is 39.0 Å². The predicted molar refractivity (Wildman–Crippen MR) is 108 cm³/mol. The van der Waals surface area contributed by atoms with Crippen LogP contribution >= 0.6 is 0 Å². The molecule has 0 fully saturated rings. The Hall–Kier alpha value is -3.28. The number of ketones is 1. The highest BCUT2D eigenvalue weighted by atomic mass is 16.6. The van der Waals surface area contributed by atoms with Gasteiger partial charge in [0, 0.05) is 6.07 Å². The molecule has 0 N–H and O–H groups in total. The lowest BCUT2D eigenvalue weighted by molar-refractivity contribution is -0.149.